The van der Waals surface area contributed by atoms with Crippen LogP contribution in [0.3, 0.4) is 0 Å². The molecule has 1 nitrogen and oxygen atoms in total. The van der Waals surface area contributed by atoms with Gasteiger partial charge in [-0.1, -0.05) is 35.9 Å². The van der Waals surface area contributed by atoms with Crippen LogP contribution in [-0.2, 0) is 0 Å². The van der Waals surface area contributed by atoms with Gasteiger partial charge < -0.3 is 5.32 Å². The summed E-state index contributed by atoms with van der Waals surface area (Å²) in [7, 11) is 2.02. The Labute approximate surface area is 99.6 Å². The van der Waals surface area contributed by atoms with E-state index in [1.807, 2.05) is 7.05 Å². The molecule has 1 aromatic rings. The molecule has 0 spiro atoms. The predicted octanol–water partition coefficient (Wildman–Crippen LogP) is 3.74. The third-order valence-electron chi connectivity index (χ3n) is 2.88. The highest BCUT2D eigenvalue weighted by molar-refractivity contribution is 5.19. The topological polar surface area (TPSA) is 12.0 Å². The van der Waals surface area contributed by atoms with Crippen LogP contribution in [0.25, 0.3) is 0 Å². The summed E-state index contributed by atoms with van der Waals surface area (Å²) in [4.78, 5) is 0. The Balaban J connectivity index is 2.51. The average Bonchev–Trinajstić information content (AvgIpc) is 2.29. The van der Waals surface area contributed by atoms with Gasteiger partial charge in [-0.2, -0.15) is 0 Å². The third-order valence-corrected chi connectivity index (χ3v) is 2.88. The highest BCUT2D eigenvalue weighted by Crippen LogP contribution is 2.22. The molecule has 0 bridgehead atoms. The molecule has 0 amide bonds. The maximum atomic E-state index is 3.96. The van der Waals surface area contributed by atoms with Gasteiger partial charge in [-0.25, -0.2) is 0 Å². The molecule has 1 unspecified atom stereocenters. The van der Waals surface area contributed by atoms with Crippen LogP contribution in [0.15, 0.2) is 42.5 Å². The number of hydrogen-bond donors (Lipinski definition) is 1. The van der Waals surface area contributed by atoms with Crippen LogP contribution in [0.5, 0.6) is 0 Å². The van der Waals surface area contributed by atoms with Crippen molar-refractivity contribution in [2.75, 3.05) is 13.6 Å². The monoisotopic (exact) mass is 217 g/mol. The molecule has 1 N–H and O–H groups in total. The third kappa shape index (κ3) is 4.63. The number of likely N-dealkylation sites (N-methyl/N-ethyl adjacent to an activating group) is 1. The van der Waals surface area contributed by atoms with Crippen LogP contribution in [0, 0.1) is 0 Å². The minimum atomic E-state index is 0.630. The van der Waals surface area contributed by atoms with Gasteiger partial charge in [0, 0.05) is 6.54 Å². The lowest BCUT2D eigenvalue weighted by Gasteiger charge is -2.16. The first-order valence-electron chi connectivity index (χ1n) is 6.08. The molecule has 1 rings (SSSR count). The van der Waals surface area contributed by atoms with E-state index in [1.165, 1.54) is 24.0 Å². The Kier molecular flexibility index (Phi) is 5.87. The van der Waals surface area contributed by atoms with Crippen LogP contribution >= 0.6 is 0 Å². The molecule has 0 aliphatic rings. The molecule has 0 heterocycles. The van der Waals surface area contributed by atoms with Crippen LogP contribution in [0.1, 0.15) is 37.7 Å². The Bertz CT molecular complexity index is 302. The molecule has 1 aromatic carbocycles. The first kappa shape index (κ1) is 13.0. The molecular formula is C15H23N. The lowest BCUT2D eigenvalue weighted by atomic mass is 9.93. The number of nitrogens with one attached hydrogen (secondary N) is 1. The number of hydrogen-bond acceptors (Lipinski definition) is 1. The van der Waals surface area contributed by atoms with Gasteiger partial charge in [-0.3, -0.25) is 0 Å². The van der Waals surface area contributed by atoms with Crippen molar-refractivity contribution in [1.82, 2.24) is 5.32 Å². The van der Waals surface area contributed by atoms with Gasteiger partial charge in [-0.05, 0) is 44.7 Å². The summed E-state index contributed by atoms with van der Waals surface area (Å²) in [6.07, 6.45) is 3.61. The molecule has 0 fully saturated rings. The predicted molar refractivity (Wildman–Crippen MR) is 71.8 cm³/mol. The zero-order valence-electron chi connectivity index (χ0n) is 10.5. The van der Waals surface area contributed by atoms with Crippen LogP contribution in [0.2, 0.25) is 0 Å². The van der Waals surface area contributed by atoms with Crippen molar-refractivity contribution in [3.63, 3.8) is 0 Å². The van der Waals surface area contributed by atoms with E-state index in [1.54, 1.807) is 0 Å². The molecule has 0 aliphatic heterocycles. The molecule has 0 radical (unpaired) electrons. The van der Waals surface area contributed by atoms with E-state index in [-0.39, 0.29) is 0 Å². The quantitative estimate of drug-likeness (QED) is 0.686. The number of allylic oxidation sites excluding steroid dienone is 1. The lowest BCUT2D eigenvalue weighted by Crippen LogP contribution is -2.17. The van der Waals surface area contributed by atoms with Crippen molar-refractivity contribution in [1.29, 1.82) is 0 Å². The largest absolute Gasteiger partial charge is 0.319 e. The summed E-state index contributed by atoms with van der Waals surface area (Å²) in [5, 5.41) is 3.28. The normalized spacial score (nSPS) is 12.4. The summed E-state index contributed by atoms with van der Waals surface area (Å²) < 4.78 is 0. The van der Waals surface area contributed by atoms with E-state index in [9.17, 15) is 0 Å². The van der Waals surface area contributed by atoms with Gasteiger partial charge in [0.1, 0.15) is 0 Å². The standard InChI is InChI=1S/C15H23N/c1-13(2)8-7-11-15(12-16-3)14-9-5-4-6-10-14/h4-6,9-10,15-16H,1,7-8,11-12H2,2-3H3. The minimum Gasteiger partial charge on any atom is -0.319 e. The Morgan fingerprint density at radius 1 is 1.31 bits per heavy atom. The van der Waals surface area contributed by atoms with Crippen LogP contribution < -0.4 is 5.32 Å². The molecule has 0 aliphatic carbocycles. The molecular weight excluding hydrogens is 194 g/mol. The van der Waals surface area contributed by atoms with Crippen LogP contribution in [-0.4, -0.2) is 13.6 Å². The van der Waals surface area contributed by atoms with E-state index >= 15 is 0 Å². The lowest BCUT2D eigenvalue weighted by molar-refractivity contribution is 0.559. The van der Waals surface area contributed by atoms with Gasteiger partial charge in [-0.15, -0.1) is 6.58 Å². The molecule has 1 heteroatoms. The second-order valence-corrected chi connectivity index (χ2v) is 4.51. The fourth-order valence-corrected chi connectivity index (χ4v) is 2.01. The zero-order valence-corrected chi connectivity index (χ0v) is 10.5. The van der Waals surface area contributed by atoms with Crippen molar-refractivity contribution in [3.8, 4) is 0 Å². The second kappa shape index (κ2) is 7.24. The van der Waals surface area contributed by atoms with E-state index in [0.29, 0.717) is 5.92 Å². The fraction of sp³-hybridized carbons (Fsp3) is 0.467. The van der Waals surface area contributed by atoms with Crippen molar-refractivity contribution in [2.45, 2.75) is 32.1 Å². The first-order chi connectivity index (χ1) is 7.74. The summed E-state index contributed by atoms with van der Waals surface area (Å²) in [5.74, 6) is 0.630. The second-order valence-electron chi connectivity index (χ2n) is 4.51. The molecule has 88 valence electrons. The highest BCUT2D eigenvalue weighted by Gasteiger charge is 2.09. The Hall–Kier alpha value is -1.08. The summed E-state index contributed by atoms with van der Waals surface area (Å²) in [5.41, 5.74) is 2.73. The SMILES string of the molecule is C=C(C)CCCC(CNC)c1ccccc1. The average molecular weight is 217 g/mol. The van der Waals surface area contributed by atoms with Crippen molar-refractivity contribution in [2.24, 2.45) is 0 Å². The first-order valence-corrected chi connectivity index (χ1v) is 6.08. The Morgan fingerprint density at radius 3 is 2.56 bits per heavy atom. The van der Waals surface area contributed by atoms with Gasteiger partial charge in [0.05, 0.1) is 0 Å². The number of benzene rings is 1. The van der Waals surface area contributed by atoms with E-state index in [0.717, 1.165) is 13.0 Å². The van der Waals surface area contributed by atoms with Gasteiger partial charge in [0.25, 0.3) is 0 Å². The smallest absolute Gasteiger partial charge is 0.00171 e. The zero-order chi connectivity index (χ0) is 11.8. The summed E-state index contributed by atoms with van der Waals surface area (Å²) >= 11 is 0. The fourth-order valence-electron chi connectivity index (χ4n) is 2.01. The van der Waals surface area contributed by atoms with Gasteiger partial charge >= 0.3 is 0 Å². The molecule has 0 saturated carbocycles. The molecule has 1 atom stereocenters. The van der Waals surface area contributed by atoms with E-state index in [2.05, 4.69) is 49.2 Å². The highest BCUT2D eigenvalue weighted by atomic mass is 14.8. The minimum absolute atomic E-state index is 0.630. The Morgan fingerprint density at radius 2 is 2.00 bits per heavy atom. The van der Waals surface area contributed by atoms with E-state index in [4.69, 9.17) is 0 Å². The summed E-state index contributed by atoms with van der Waals surface area (Å²) in [6, 6.07) is 10.8. The van der Waals surface area contributed by atoms with Crippen LogP contribution in [0.4, 0.5) is 0 Å². The van der Waals surface area contributed by atoms with Crippen molar-refractivity contribution < 1.29 is 0 Å². The maximum absolute atomic E-state index is 3.96. The molecule has 16 heavy (non-hydrogen) atoms. The maximum Gasteiger partial charge on any atom is 0.00171 e. The molecule has 0 saturated heterocycles. The number of rotatable bonds is 7. The van der Waals surface area contributed by atoms with E-state index < -0.39 is 0 Å². The van der Waals surface area contributed by atoms with Crippen molar-refractivity contribution >= 4 is 0 Å². The van der Waals surface area contributed by atoms with Gasteiger partial charge in [0.2, 0.25) is 0 Å². The molecule has 0 aromatic heterocycles. The van der Waals surface area contributed by atoms with Gasteiger partial charge in [0.15, 0.2) is 0 Å². The summed E-state index contributed by atoms with van der Waals surface area (Å²) in [6.45, 7) is 7.12. The van der Waals surface area contributed by atoms with Crippen molar-refractivity contribution in [3.05, 3.63) is 48.0 Å².